The zero-order valence-corrected chi connectivity index (χ0v) is 14.0. The number of ether oxygens (including phenoxy) is 2. The summed E-state index contributed by atoms with van der Waals surface area (Å²) in [4.78, 5) is 0. The molecule has 7 heteroatoms. The van der Waals surface area contributed by atoms with Gasteiger partial charge < -0.3 is 19.9 Å². The molecule has 0 bridgehead atoms. The molecule has 6 nitrogen and oxygen atoms in total. The van der Waals surface area contributed by atoms with E-state index in [0.717, 1.165) is 0 Å². The maximum Gasteiger partial charge on any atom is 0.180 e. The van der Waals surface area contributed by atoms with E-state index in [9.17, 15) is 5.11 Å². The number of halogens is 1. The summed E-state index contributed by atoms with van der Waals surface area (Å²) < 4.78 is 12.7. The van der Waals surface area contributed by atoms with Crippen LogP contribution in [0.5, 0.6) is 11.5 Å². The number of hydrogen-bond donors (Lipinski definition) is 2. The van der Waals surface area contributed by atoms with Crippen LogP contribution < -0.4 is 14.8 Å². The van der Waals surface area contributed by atoms with Gasteiger partial charge in [-0.3, -0.25) is 0 Å². The Morgan fingerprint density at radius 1 is 1.22 bits per heavy atom. The molecule has 0 aliphatic heterocycles. The first-order valence-corrected chi connectivity index (χ1v) is 7.86. The highest BCUT2D eigenvalue weighted by Crippen LogP contribution is 2.18. The molecule has 0 aliphatic rings. The standard InChI is InChI=1S/C16H22ClN3O3/c1-12(2)18-8-14(21)10-22-15-3-5-16(6-4-15)23-11-20-9-13(17)7-19-20/h3-7,9,12,14,18,21H,8,10-11H2,1-2H3. The van der Waals surface area contributed by atoms with Crippen molar-refractivity contribution in [2.45, 2.75) is 32.7 Å². The van der Waals surface area contributed by atoms with Gasteiger partial charge >= 0.3 is 0 Å². The molecule has 2 aromatic rings. The van der Waals surface area contributed by atoms with Gasteiger partial charge in [0.05, 0.1) is 11.2 Å². The van der Waals surface area contributed by atoms with E-state index in [1.165, 1.54) is 0 Å². The largest absolute Gasteiger partial charge is 0.491 e. The summed E-state index contributed by atoms with van der Waals surface area (Å²) in [5, 5.41) is 17.6. The zero-order valence-electron chi connectivity index (χ0n) is 13.3. The van der Waals surface area contributed by atoms with Gasteiger partial charge in [-0.15, -0.1) is 0 Å². The maximum atomic E-state index is 9.79. The smallest absolute Gasteiger partial charge is 0.180 e. The molecule has 1 heterocycles. The van der Waals surface area contributed by atoms with Gasteiger partial charge in [0.2, 0.25) is 0 Å². The van der Waals surface area contributed by atoms with Gasteiger partial charge in [-0.2, -0.15) is 5.10 Å². The molecule has 1 unspecified atom stereocenters. The molecule has 1 atom stereocenters. The summed E-state index contributed by atoms with van der Waals surface area (Å²) in [5.74, 6) is 1.38. The third kappa shape index (κ3) is 6.48. The predicted octanol–water partition coefficient (Wildman–Crippen LogP) is 2.31. The molecule has 0 spiro atoms. The Labute approximate surface area is 141 Å². The fourth-order valence-corrected chi connectivity index (χ4v) is 1.96. The molecule has 0 saturated carbocycles. The number of nitrogens with one attached hydrogen (secondary N) is 1. The summed E-state index contributed by atoms with van der Waals surface area (Å²) in [7, 11) is 0. The molecule has 0 radical (unpaired) electrons. The van der Waals surface area contributed by atoms with Gasteiger partial charge in [0, 0.05) is 18.8 Å². The predicted molar refractivity (Wildman–Crippen MR) is 88.9 cm³/mol. The van der Waals surface area contributed by atoms with Crippen molar-refractivity contribution in [3.05, 3.63) is 41.7 Å². The summed E-state index contributed by atoms with van der Waals surface area (Å²) in [6, 6.07) is 7.55. The lowest BCUT2D eigenvalue weighted by atomic mass is 10.3. The fraction of sp³-hybridized carbons (Fsp3) is 0.438. The second kappa shape index (κ2) is 8.76. The van der Waals surface area contributed by atoms with Crippen molar-refractivity contribution in [3.63, 3.8) is 0 Å². The van der Waals surface area contributed by atoms with Crippen LogP contribution in [0.4, 0.5) is 0 Å². The second-order valence-corrected chi connectivity index (χ2v) is 5.91. The number of rotatable bonds is 9. The summed E-state index contributed by atoms with van der Waals surface area (Å²) in [5.41, 5.74) is 0. The SMILES string of the molecule is CC(C)NCC(O)COc1ccc(OCn2cc(Cl)cn2)cc1. The Hall–Kier alpha value is -1.76. The van der Waals surface area contributed by atoms with E-state index in [1.54, 1.807) is 41.3 Å². The van der Waals surface area contributed by atoms with Crippen LogP contribution in [0, 0.1) is 0 Å². The third-order valence-corrected chi connectivity index (χ3v) is 3.19. The average molecular weight is 340 g/mol. The zero-order chi connectivity index (χ0) is 16.7. The van der Waals surface area contributed by atoms with E-state index in [4.69, 9.17) is 21.1 Å². The number of nitrogens with zero attached hydrogens (tertiary/aromatic N) is 2. The van der Waals surface area contributed by atoms with Gasteiger partial charge in [0.1, 0.15) is 24.2 Å². The molecule has 1 aromatic heterocycles. The number of aliphatic hydroxyl groups is 1. The normalized spacial score (nSPS) is 12.4. The minimum absolute atomic E-state index is 0.242. The number of aliphatic hydroxyl groups excluding tert-OH is 1. The van der Waals surface area contributed by atoms with Crippen LogP contribution in [-0.4, -0.2) is 40.2 Å². The van der Waals surface area contributed by atoms with Gasteiger partial charge in [0.15, 0.2) is 6.73 Å². The molecule has 0 saturated heterocycles. The Kier molecular flexibility index (Phi) is 6.70. The van der Waals surface area contributed by atoms with Crippen LogP contribution in [0.2, 0.25) is 5.02 Å². The summed E-state index contributed by atoms with van der Waals surface area (Å²) in [6.07, 6.45) is 2.70. The maximum absolute atomic E-state index is 9.79. The van der Waals surface area contributed by atoms with Crippen LogP contribution in [0.15, 0.2) is 36.7 Å². The molecule has 2 rings (SSSR count). The molecule has 23 heavy (non-hydrogen) atoms. The van der Waals surface area contributed by atoms with Crippen molar-refractivity contribution >= 4 is 11.6 Å². The van der Waals surface area contributed by atoms with E-state index < -0.39 is 6.10 Å². The van der Waals surface area contributed by atoms with Crippen molar-refractivity contribution in [3.8, 4) is 11.5 Å². The molecule has 1 aromatic carbocycles. The first-order chi connectivity index (χ1) is 11.0. The molecule has 126 valence electrons. The summed E-state index contributed by atoms with van der Waals surface area (Å²) in [6.45, 7) is 5.09. The van der Waals surface area contributed by atoms with Gasteiger partial charge in [-0.1, -0.05) is 25.4 Å². The highest BCUT2D eigenvalue weighted by Gasteiger charge is 2.06. The molecular formula is C16H22ClN3O3. The van der Waals surface area contributed by atoms with Gasteiger partial charge in [-0.25, -0.2) is 4.68 Å². The molecule has 0 aliphatic carbocycles. The van der Waals surface area contributed by atoms with E-state index in [2.05, 4.69) is 10.4 Å². The lowest BCUT2D eigenvalue weighted by Gasteiger charge is -2.15. The first kappa shape index (κ1) is 17.6. The van der Waals surface area contributed by atoms with Crippen molar-refractivity contribution in [1.29, 1.82) is 0 Å². The van der Waals surface area contributed by atoms with Crippen LogP contribution in [0.25, 0.3) is 0 Å². The molecule has 0 amide bonds. The Bertz CT molecular complexity index is 587. The quantitative estimate of drug-likeness (QED) is 0.733. The molecule has 2 N–H and O–H groups in total. The van der Waals surface area contributed by atoms with E-state index in [-0.39, 0.29) is 13.3 Å². The van der Waals surface area contributed by atoms with Crippen molar-refractivity contribution < 1.29 is 14.6 Å². The highest BCUT2D eigenvalue weighted by atomic mass is 35.5. The van der Waals surface area contributed by atoms with Gasteiger partial charge in [0.25, 0.3) is 0 Å². The van der Waals surface area contributed by atoms with Crippen molar-refractivity contribution in [2.24, 2.45) is 0 Å². The molecule has 0 fully saturated rings. The van der Waals surface area contributed by atoms with Crippen molar-refractivity contribution in [1.82, 2.24) is 15.1 Å². The Morgan fingerprint density at radius 3 is 2.43 bits per heavy atom. The topological polar surface area (TPSA) is 68.5 Å². The lowest BCUT2D eigenvalue weighted by molar-refractivity contribution is 0.104. The number of aromatic nitrogens is 2. The highest BCUT2D eigenvalue weighted by molar-refractivity contribution is 6.30. The number of benzene rings is 1. The fourth-order valence-electron chi connectivity index (χ4n) is 1.80. The average Bonchev–Trinajstić information content (AvgIpc) is 2.95. The van der Waals surface area contributed by atoms with E-state index >= 15 is 0 Å². The summed E-state index contributed by atoms with van der Waals surface area (Å²) >= 11 is 5.78. The van der Waals surface area contributed by atoms with Crippen LogP contribution >= 0.6 is 11.6 Å². The van der Waals surface area contributed by atoms with E-state index in [0.29, 0.717) is 29.1 Å². The van der Waals surface area contributed by atoms with Crippen LogP contribution in [-0.2, 0) is 6.73 Å². The Balaban J connectivity index is 1.73. The third-order valence-electron chi connectivity index (χ3n) is 2.99. The minimum atomic E-state index is -0.544. The molecular weight excluding hydrogens is 318 g/mol. The minimum Gasteiger partial charge on any atom is -0.491 e. The van der Waals surface area contributed by atoms with Crippen LogP contribution in [0.3, 0.4) is 0 Å². The van der Waals surface area contributed by atoms with Crippen molar-refractivity contribution in [2.75, 3.05) is 13.2 Å². The Morgan fingerprint density at radius 2 is 1.87 bits per heavy atom. The van der Waals surface area contributed by atoms with E-state index in [1.807, 2.05) is 13.8 Å². The first-order valence-electron chi connectivity index (χ1n) is 7.48. The monoisotopic (exact) mass is 339 g/mol. The van der Waals surface area contributed by atoms with Crippen LogP contribution in [0.1, 0.15) is 13.8 Å². The van der Waals surface area contributed by atoms with Gasteiger partial charge in [-0.05, 0) is 24.3 Å². The second-order valence-electron chi connectivity index (χ2n) is 5.47. The number of hydrogen-bond acceptors (Lipinski definition) is 5. The lowest BCUT2D eigenvalue weighted by Crippen LogP contribution is -2.35.